The Labute approximate surface area is 412 Å². The van der Waals surface area contributed by atoms with Gasteiger partial charge in [-0.2, -0.15) is 0 Å². The van der Waals surface area contributed by atoms with E-state index in [1.165, 1.54) is 4.90 Å². The molecule has 1 aromatic heterocycles. The van der Waals surface area contributed by atoms with Gasteiger partial charge in [0.15, 0.2) is 31.2 Å². The fourth-order valence-corrected chi connectivity index (χ4v) is 11.9. The van der Waals surface area contributed by atoms with Gasteiger partial charge in [-0.1, -0.05) is 93.6 Å². The fourth-order valence-electron chi connectivity index (χ4n) is 10.5. The Hall–Kier alpha value is -5.87. The molecule has 0 spiro atoms. The van der Waals surface area contributed by atoms with Crippen molar-refractivity contribution in [1.29, 1.82) is 0 Å². The van der Waals surface area contributed by atoms with Crippen LogP contribution in [0.1, 0.15) is 115 Å². The predicted octanol–water partition coefficient (Wildman–Crippen LogP) is 11.3. The number of halogens is 1. The molecule has 1 unspecified atom stereocenters. The number of ether oxygens (including phenoxy) is 3. The van der Waals surface area contributed by atoms with E-state index in [0.29, 0.717) is 19.5 Å². The Kier molecular flexibility index (Phi) is 13.7. The minimum absolute atomic E-state index is 0.00185. The number of amides is 1. The summed E-state index contributed by atoms with van der Waals surface area (Å²) in [6, 6.07) is 17.5. The summed E-state index contributed by atoms with van der Waals surface area (Å²) in [6.45, 7) is 24.2. The third kappa shape index (κ3) is 8.83. The summed E-state index contributed by atoms with van der Waals surface area (Å²) in [5.74, 6) is -4.13. The van der Waals surface area contributed by atoms with Crippen molar-refractivity contribution in [1.82, 2.24) is 15.0 Å². The molecule has 70 heavy (non-hydrogen) atoms. The van der Waals surface area contributed by atoms with Gasteiger partial charge in [0.25, 0.3) is 5.88 Å². The van der Waals surface area contributed by atoms with Crippen LogP contribution in [0.2, 0.25) is 18.1 Å². The lowest BCUT2D eigenvalue weighted by atomic mass is 9.58. The van der Waals surface area contributed by atoms with E-state index in [9.17, 15) is 9.90 Å². The molecule has 1 amide bonds. The number of allylic oxidation sites excluding steroid dienone is 1. The number of aliphatic hydroxyl groups is 1. The number of Topliss-reactive ketones (excluding diaryl/α,β-unsaturated/α-hetero) is 2. The molecule has 15 heteroatoms. The molecule has 4 aromatic rings. The van der Waals surface area contributed by atoms with E-state index in [1.54, 1.807) is 32.9 Å². The molecule has 1 N–H and O–H groups in total. The Balaban J connectivity index is 1.41. The minimum atomic E-state index is -3.11. The quantitative estimate of drug-likeness (QED) is 0.0948. The van der Waals surface area contributed by atoms with Gasteiger partial charge in [-0.3, -0.25) is 19.4 Å². The van der Waals surface area contributed by atoms with Gasteiger partial charge in [0.2, 0.25) is 5.78 Å². The highest BCUT2D eigenvalue weighted by molar-refractivity contribution is 6.74. The average molecular weight is 975 g/mol. The molecular weight excluding hydrogens is 908 g/mol. The van der Waals surface area contributed by atoms with Gasteiger partial charge in [0.05, 0.1) is 17.3 Å². The SMILES string of the molecule is C=CCN(CC=C)[C@@H]1c2onc(OCc3ccccc3)c2C(=O)[C@@]2(O[Si](C)(C)C(C)(C)C)C(O)=C3C(=O)c4c(c(F)c5c(c4OCc4ccccc4)N(C(=O)OC(C)(C)C)CCC5N(C)C)C[C@H]3C[C@@H]12. The second-order valence-electron chi connectivity index (χ2n) is 21.7. The standard InChI is InChI=1S/C55H67FN4O9Si/c1-13-26-59(27-14-2)44-37-30-35-29-36-40(47(65-31-33-21-17-15-18-22-33)45-41(43(36)56)38(58(9)10)25-28-60(45)52(64)67-53(3,4)5)46(61)39(35)49(62)55(37,69-70(11,12)54(6,7)8)50(63)42-48(44)68-57-51(42)66-32-34-23-19-16-20-24-34/h13-24,35,37-38,44,62H,1-2,25-32H2,3-12H3/t35-,37-,38?,44-,55-/m0/s1. The second-order valence-corrected chi connectivity index (χ2v) is 26.4. The molecule has 3 aliphatic carbocycles. The third-order valence-corrected chi connectivity index (χ3v) is 19.1. The van der Waals surface area contributed by atoms with Crippen LogP contribution in [0.4, 0.5) is 14.9 Å². The van der Waals surface area contributed by atoms with E-state index in [2.05, 4.69) is 18.3 Å². The molecule has 2 heterocycles. The maximum Gasteiger partial charge on any atom is 0.414 e. The zero-order valence-corrected chi connectivity index (χ0v) is 43.2. The lowest BCUT2D eigenvalue weighted by Crippen LogP contribution is -2.65. The summed E-state index contributed by atoms with van der Waals surface area (Å²) in [4.78, 5) is 51.7. The Morgan fingerprint density at radius 3 is 2.11 bits per heavy atom. The first kappa shape index (κ1) is 50.5. The van der Waals surface area contributed by atoms with Crippen LogP contribution in [-0.2, 0) is 28.8 Å². The van der Waals surface area contributed by atoms with E-state index in [0.717, 1.165) is 11.1 Å². The van der Waals surface area contributed by atoms with Crippen molar-refractivity contribution in [2.45, 2.75) is 115 Å². The summed E-state index contributed by atoms with van der Waals surface area (Å²) < 4.78 is 50.8. The molecule has 4 aliphatic rings. The van der Waals surface area contributed by atoms with Crippen molar-refractivity contribution >= 4 is 31.7 Å². The first-order chi connectivity index (χ1) is 33.1. The summed E-state index contributed by atoms with van der Waals surface area (Å²) in [5, 5.41) is 17.4. The molecule has 0 saturated heterocycles. The van der Waals surface area contributed by atoms with Crippen molar-refractivity contribution in [2.24, 2.45) is 11.8 Å². The van der Waals surface area contributed by atoms with Crippen molar-refractivity contribution in [3.63, 3.8) is 0 Å². The van der Waals surface area contributed by atoms with Crippen LogP contribution in [0.25, 0.3) is 0 Å². The van der Waals surface area contributed by atoms with Crippen molar-refractivity contribution < 1.29 is 47.0 Å². The van der Waals surface area contributed by atoms with Crippen LogP contribution in [0, 0.1) is 17.7 Å². The number of fused-ring (bicyclic) bond motifs is 5. The number of aromatic nitrogens is 1. The molecule has 13 nitrogen and oxygen atoms in total. The van der Waals surface area contributed by atoms with Crippen LogP contribution >= 0.6 is 0 Å². The number of rotatable bonds is 14. The molecule has 3 aromatic carbocycles. The number of nitrogens with zero attached hydrogens (tertiary/aromatic N) is 4. The Bertz CT molecular complexity index is 2710. The largest absolute Gasteiger partial charge is 0.508 e. The number of aliphatic hydroxyl groups excluding tert-OH is 1. The van der Waals surface area contributed by atoms with Crippen LogP contribution in [0.15, 0.2) is 102 Å². The van der Waals surface area contributed by atoms with Crippen molar-refractivity contribution in [3.8, 4) is 11.6 Å². The zero-order valence-electron chi connectivity index (χ0n) is 42.2. The second kappa shape index (κ2) is 19.0. The molecule has 0 radical (unpaired) electrons. The topological polar surface area (TPSA) is 144 Å². The Morgan fingerprint density at radius 2 is 1.56 bits per heavy atom. The molecule has 0 bridgehead atoms. The van der Waals surface area contributed by atoms with Gasteiger partial charge < -0.3 is 33.2 Å². The van der Waals surface area contributed by atoms with E-state index in [-0.39, 0.29) is 83.5 Å². The first-order valence-corrected chi connectivity index (χ1v) is 27.0. The monoisotopic (exact) mass is 974 g/mol. The minimum Gasteiger partial charge on any atom is -0.508 e. The number of hydrogen-bond acceptors (Lipinski definition) is 12. The van der Waals surface area contributed by atoms with Crippen LogP contribution in [0.5, 0.6) is 11.6 Å². The smallest absolute Gasteiger partial charge is 0.414 e. The maximum atomic E-state index is 18.2. The van der Waals surface area contributed by atoms with E-state index < -0.39 is 77.7 Å². The molecule has 8 rings (SSSR count). The van der Waals surface area contributed by atoms with Crippen LogP contribution in [0.3, 0.4) is 0 Å². The Morgan fingerprint density at radius 1 is 0.957 bits per heavy atom. The summed E-state index contributed by atoms with van der Waals surface area (Å²) in [7, 11) is 0.591. The van der Waals surface area contributed by atoms with Crippen LogP contribution < -0.4 is 14.4 Å². The number of carbonyl (C=O) groups excluding carboxylic acids is 3. The van der Waals surface area contributed by atoms with E-state index >= 15 is 14.0 Å². The molecule has 0 fully saturated rings. The number of ketones is 2. The number of carbonyl (C=O) groups is 3. The average Bonchev–Trinajstić information content (AvgIpc) is 3.72. The molecule has 0 saturated carbocycles. The molecular formula is C55H67FN4O9Si. The fraction of sp³-hybridized carbons (Fsp3) is 0.455. The van der Waals surface area contributed by atoms with Gasteiger partial charge in [-0.25, -0.2) is 9.18 Å². The first-order valence-electron chi connectivity index (χ1n) is 24.1. The molecule has 1 aliphatic heterocycles. The van der Waals surface area contributed by atoms with Gasteiger partial charge in [0, 0.05) is 48.3 Å². The predicted molar refractivity (Wildman–Crippen MR) is 268 cm³/mol. The van der Waals surface area contributed by atoms with E-state index in [4.69, 9.17) is 23.2 Å². The lowest BCUT2D eigenvalue weighted by molar-refractivity contribution is -0.0525. The summed E-state index contributed by atoms with van der Waals surface area (Å²) >= 11 is 0. The summed E-state index contributed by atoms with van der Waals surface area (Å²) in [5.41, 5.74) is -1.29. The lowest BCUT2D eigenvalue weighted by Gasteiger charge is -2.55. The molecule has 372 valence electrons. The van der Waals surface area contributed by atoms with E-state index in [1.807, 2.05) is 118 Å². The van der Waals surface area contributed by atoms with Crippen LogP contribution in [-0.4, -0.2) is 91.0 Å². The highest BCUT2D eigenvalue weighted by atomic mass is 28.4. The highest BCUT2D eigenvalue weighted by Crippen LogP contribution is 2.61. The normalized spacial score (nSPS) is 22.2. The number of benzene rings is 3. The third-order valence-electron chi connectivity index (χ3n) is 14.7. The van der Waals surface area contributed by atoms with Gasteiger partial charge in [-0.05, 0) is 94.5 Å². The van der Waals surface area contributed by atoms with Gasteiger partial charge in [-0.15, -0.1) is 13.2 Å². The van der Waals surface area contributed by atoms with Crippen molar-refractivity contribution in [3.05, 3.63) is 142 Å². The molecule has 5 atom stereocenters. The van der Waals surface area contributed by atoms with Gasteiger partial charge in [0.1, 0.15) is 36.0 Å². The number of anilines is 1. The summed E-state index contributed by atoms with van der Waals surface area (Å²) in [6.07, 6.45) is 3.17. The maximum absolute atomic E-state index is 18.2. The van der Waals surface area contributed by atoms with Crippen molar-refractivity contribution in [2.75, 3.05) is 38.6 Å². The number of hydrogen-bond donors (Lipinski definition) is 1. The van der Waals surface area contributed by atoms with Gasteiger partial charge >= 0.3 is 6.09 Å². The highest BCUT2D eigenvalue weighted by Gasteiger charge is 2.68. The zero-order chi connectivity index (χ0) is 50.7.